The summed E-state index contributed by atoms with van der Waals surface area (Å²) < 4.78 is 7.43. The minimum absolute atomic E-state index is 0.216. The molecule has 3 heterocycles. The SMILES string of the molecule is NC(=O)Nc1cccc(Cn2ccc3c(N4CCOCC4)nc(Cl)nc32)c1. The van der Waals surface area contributed by atoms with Crippen LogP contribution in [0.15, 0.2) is 36.5 Å². The van der Waals surface area contributed by atoms with Crippen molar-refractivity contribution in [1.82, 2.24) is 14.5 Å². The molecule has 140 valence electrons. The van der Waals surface area contributed by atoms with Crippen molar-refractivity contribution in [2.45, 2.75) is 6.54 Å². The molecule has 8 nitrogen and oxygen atoms in total. The number of amides is 2. The van der Waals surface area contributed by atoms with Crippen molar-refractivity contribution in [1.29, 1.82) is 0 Å². The summed E-state index contributed by atoms with van der Waals surface area (Å²) in [6, 6.07) is 8.92. The molecule has 1 fully saturated rings. The van der Waals surface area contributed by atoms with Crippen molar-refractivity contribution >= 4 is 40.2 Å². The van der Waals surface area contributed by atoms with E-state index in [2.05, 4.69) is 20.2 Å². The van der Waals surface area contributed by atoms with E-state index >= 15 is 0 Å². The van der Waals surface area contributed by atoms with Gasteiger partial charge < -0.3 is 25.3 Å². The highest BCUT2D eigenvalue weighted by atomic mass is 35.5. The van der Waals surface area contributed by atoms with Gasteiger partial charge in [0.25, 0.3) is 0 Å². The molecule has 27 heavy (non-hydrogen) atoms. The number of halogens is 1. The van der Waals surface area contributed by atoms with Crippen LogP contribution < -0.4 is 16.0 Å². The van der Waals surface area contributed by atoms with E-state index < -0.39 is 6.03 Å². The van der Waals surface area contributed by atoms with Crippen LogP contribution in [0.1, 0.15) is 5.56 Å². The van der Waals surface area contributed by atoms with Gasteiger partial charge in [0, 0.05) is 31.5 Å². The van der Waals surface area contributed by atoms with Crippen molar-refractivity contribution in [3.63, 3.8) is 0 Å². The van der Waals surface area contributed by atoms with Crippen LogP contribution in [-0.4, -0.2) is 46.9 Å². The number of rotatable bonds is 4. The molecule has 3 aromatic rings. The number of nitrogens with one attached hydrogen (secondary N) is 1. The fraction of sp³-hybridized carbons (Fsp3) is 0.278. The van der Waals surface area contributed by atoms with E-state index in [9.17, 15) is 4.79 Å². The largest absolute Gasteiger partial charge is 0.378 e. The molecule has 1 aliphatic rings. The molecule has 4 rings (SSSR count). The van der Waals surface area contributed by atoms with E-state index in [1.54, 1.807) is 6.07 Å². The quantitative estimate of drug-likeness (QED) is 0.671. The first-order valence-electron chi connectivity index (χ1n) is 8.60. The number of carbonyl (C=O) groups is 1. The Morgan fingerprint density at radius 1 is 1.26 bits per heavy atom. The lowest BCUT2D eigenvalue weighted by Crippen LogP contribution is -2.37. The van der Waals surface area contributed by atoms with E-state index in [0.717, 1.165) is 35.5 Å². The molecule has 0 radical (unpaired) electrons. The lowest BCUT2D eigenvalue weighted by Gasteiger charge is -2.28. The van der Waals surface area contributed by atoms with Crippen LogP contribution in [0.25, 0.3) is 11.0 Å². The summed E-state index contributed by atoms with van der Waals surface area (Å²) in [5.74, 6) is 0.830. The fourth-order valence-corrected chi connectivity index (χ4v) is 3.41. The van der Waals surface area contributed by atoms with Crippen LogP contribution in [-0.2, 0) is 11.3 Å². The van der Waals surface area contributed by atoms with Crippen molar-refractivity contribution in [3.05, 3.63) is 47.4 Å². The van der Waals surface area contributed by atoms with E-state index in [1.807, 2.05) is 35.0 Å². The average Bonchev–Trinajstić information content (AvgIpc) is 3.04. The second-order valence-electron chi connectivity index (χ2n) is 6.29. The topological polar surface area (TPSA) is 98.3 Å². The molecule has 9 heteroatoms. The molecule has 0 bridgehead atoms. The van der Waals surface area contributed by atoms with Crippen LogP contribution in [0.2, 0.25) is 5.28 Å². The first-order chi connectivity index (χ1) is 13.1. The fourth-order valence-electron chi connectivity index (χ4n) is 3.25. The molecule has 0 atom stereocenters. The zero-order valence-electron chi connectivity index (χ0n) is 14.6. The molecule has 1 aliphatic heterocycles. The minimum Gasteiger partial charge on any atom is -0.378 e. The first-order valence-corrected chi connectivity index (χ1v) is 8.98. The Morgan fingerprint density at radius 3 is 2.85 bits per heavy atom. The van der Waals surface area contributed by atoms with E-state index in [0.29, 0.717) is 25.4 Å². The lowest BCUT2D eigenvalue weighted by molar-refractivity contribution is 0.122. The van der Waals surface area contributed by atoms with Gasteiger partial charge in [-0.15, -0.1) is 0 Å². The first kappa shape index (κ1) is 17.6. The van der Waals surface area contributed by atoms with Crippen LogP contribution in [0.5, 0.6) is 0 Å². The Morgan fingerprint density at radius 2 is 2.07 bits per heavy atom. The summed E-state index contributed by atoms with van der Waals surface area (Å²) in [6.07, 6.45) is 1.97. The molecule has 1 saturated heterocycles. The number of morpholine rings is 1. The maximum atomic E-state index is 11.1. The number of primary amides is 1. The number of benzene rings is 1. The summed E-state index contributed by atoms with van der Waals surface area (Å²) in [7, 11) is 0. The Labute approximate surface area is 160 Å². The number of carbonyl (C=O) groups excluding carboxylic acids is 1. The highest BCUT2D eigenvalue weighted by Crippen LogP contribution is 2.27. The summed E-state index contributed by atoms with van der Waals surface area (Å²) in [4.78, 5) is 22.1. The number of nitrogens with zero attached hydrogens (tertiary/aromatic N) is 4. The minimum atomic E-state index is -0.590. The van der Waals surface area contributed by atoms with Crippen LogP contribution in [0.4, 0.5) is 16.3 Å². The third kappa shape index (κ3) is 3.81. The van der Waals surface area contributed by atoms with Gasteiger partial charge in [0.2, 0.25) is 5.28 Å². The Hall–Kier alpha value is -2.84. The highest BCUT2D eigenvalue weighted by molar-refractivity contribution is 6.28. The number of urea groups is 1. The van der Waals surface area contributed by atoms with Crippen molar-refractivity contribution in [3.8, 4) is 0 Å². The van der Waals surface area contributed by atoms with Crippen LogP contribution >= 0.6 is 11.6 Å². The Balaban J connectivity index is 1.67. The normalized spacial score (nSPS) is 14.5. The second kappa shape index (κ2) is 7.42. The maximum Gasteiger partial charge on any atom is 0.316 e. The molecule has 1 aromatic carbocycles. The van der Waals surface area contributed by atoms with Gasteiger partial charge in [-0.1, -0.05) is 12.1 Å². The molecular formula is C18H19ClN6O2. The highest BCUT2D eigenvalue weighted by Gasteiger charge is 2.19. The monoisotopic (exact) mass is 386 g/mol. The maximum absolute atomic E-state index is 11.1. The standard InChI is InChI=1S/C18H19ClN6O2/c19-17-22-15(24-6-8-27-9-7-24)14-4-5-25(16(14)23-17)11-12-2-1-3-13(10-12)21-18(20)26/h1-5,10H,6-9,11H2,(H3,20,21,26). The second-order valence-corrected chi connectivity index (χ2v) is 6.62. The van der Waals surface area contributed by atoms with Crippen molar-refractivity contribution in [2.75, 3.05) is 36.5 Å². The molecule has 0 aliphatic carbocycles. The number of aromatic nitrogens is 3. The number of hydrogen-bond acceptors (Lipinski definition) is 5. The van der Waals surface area contributed by atoms with Crippen molar-refractivity contribution < 1.29 is 9.53 Å². The number of hydrogen-bond donors (Lipinski definition) is 2. The van der Waals surface area contributed by atoms with E-state index in [1.165, 1.54) is 0 Å². The number of nitrogens with two attached hydrogens (primary N) is 1. The molecular weight excluding hydrogens is 368 g/mol. The van der Waals surface area contributed by atoms with Gasteiger partial charge in [-0.3, -0.25) is 0 Å². The molecule has 3 N–H and O–H groups in total. The Bertz CT molecular complexity index is 983. The molecule has 0 saturated carbocycles. The predicted molar refractivity (Wildman–Crippen MR) is 104 cm³/mol. The van der Waals surface area contributed by atoms with Gasteiger partial charge >= 0.3 is 6.03 Å². The predicted octanol–water partition coefficient (Wildman–Crippen LogP) is 2.46. The summed E-state index contributed by atoms with van der Waals surface area (Å²) >= 11 is 6.20. The number of anilines is 2. The summed E-state index contributed by atoms with van der Waals surface area (Å²) in [6.45, 7) is 3.46. The van der Waals surface area contributed by atoms with Crippen LogP contribution in [0.3, 0.4) is 0 Å². The van der Waals surface area contributed by atoms with Gasteiger partial charge in [-0.05, 0) is 35.4 Å². The zero-order valence-corrected chi connectivity index (χ0v) is 15.3. The van der Waals surface area contributed by atoms with Crippen molar-refractivity contribution in [2.24, 2.45) is 5.73 Å². The Kier molecular flexibility index (Phi) is 4.83. The molecule has 0 spiro atoms. The van der Waals surface area contributed by atoms with Gasteiger partial charge in [-0.25, -0.2) is 4.79 Å². The van der Waals surface area contributed by atoms with Crippen LogP contribution in [0, 0.1) is 0 Å². The molecule has 2 amide bonds. The zero-order chi connectivity index (χ0) is 18.8. The van der Waals surface area contributed by atoms with Gasteiger partial charge in [0.1, 0.15) is 11.5 Å². The number of fused-ring (bicyclic) bond motifs is 1. The third-order valence-electron chi connectivity index (χ3n) is 4.43. The van der Waals surface area contributed by atoms with Gasteiger partial charge in [0.05, 0.1) is 18.6 Å². The van der Waals surface area contributed by atoms with Gasteiger partial charge in [0.15, 0.2) is 0 Å². The summed E-state index contributed by atoms with van der Waals surface area (Å²) in [5.41, 5.74) is 7.61. The molecule has 0 unspecified atom stereocenters. The average molecular weight is 387 g/mol. The number of ether oxygens (including phenoxy) is 1. The van der Waals surface area contributed by atoms with Gasteiger partial charge in [-0.2, -0.15) is 9.97 Å². The van der Waals surface area contributed by atoms with E-state index in [4.69, 9.17) is 22.1 Å². The molecule has 2 aromatic heterocycles. The third-order valence-corrected chi connectivity index (χ3v) is 4.60. The van der Waals surface area contributed by atoms with E-state index in [-0.39, 0.29) is 5.28 Å². The summed E-state index contributed by atoms with van der Waals surface area (Å²) in [5, 5.41) is 3.75. The lowest BCUT2D eigenvalue weighted by atomic mass is 10.2. The smallest absolute Gasteiger partial charge is 0.316 e.